The van der Waals surface area contributed by atoms with E-state index in [4.69, 9.17) is 33.7 Å². The first-order valence-electron chi connectivity index (χ1n) is 7.46. The van der Waals surface area contributed by atoms with Gasteiger partial charge in [-0.1, -0.05) is 43.5 Å². The van der Waals surface area contributed by atoms with Gasteiger partial charge in [0.2, 0.25) is 0 Å². The number of hydrogen-bond donors (Lipinski definition) is 2. The highest BCUT2D eigenvalue weighted by molar-refractivity contribution is 6.43. The molecule has 2 rings (SSSR count). The molecule has 1 aromatic rings. The van der Waals surface area contributed by atoms with E-state index in [-0.39, 0.29) is 17.0 Å². The maximum atomic E-state index is 10.9. The van der Waals surface area contributed by atoms with Crippen molar-refractivity contribution >= 4 is 29.1 Å². The van der Waals surface area contributed by atoms with Gasteiger partial charge in [0.05, 0.1) is 11.1 Å². The molecule has 3 N–H and O–H groups in total. The van der Waals surface area contributed by atoms with Gasteiger partial charge in [-0.15, -0.1) is 0 Å². The largest absolute Gasteiger partial charge is 0.482 e. The average Bonchev–Trinajstić information content (AvgIpc) is 2.75. The lowest BCUT2D eigenvalue weighted by atomic mass is 9.76. The molecule has 1 aromatic carbocycles. The van der Waals surface area contributed by atoms with Crippen molar-refractivity contribution < 1.29 is 14.6 Å². The monoisotopic (exact) mass is 345 g/mol. The summed E-state index contributed by atoms with van der Waals surface area (Å²) >= 11 is 12.6. The summed E-state index contributed by atoms with van der Waals surface area (Å²) in [5.74, 6) is -0.249. The molecule has 0 aromatic heterocycles. The van der Waals surface area contributed by atoms with E-state index in [1.165, 1.54) is 0 Å². The van der Waals surface area contributed by atoms with Gasteiger partial charge >= 0.3 is 0 Å². The third kappa shape index (κ3) is 2.92. The highest BCUT2D eigenvalue weighted by Gasteiger charge is 2.45. The number of carbonyl (C=O) groups is 1. The van der Waals surface area contributed by atoms with Crippen LogP contribution in [0, 0.1) is 5.41 Å². The Bertz CT molecular complexity index is 591. The molecule has 0 spiro atoms. The van der Waals surface area contributed by atoms with Crippen LogP contribution in [0.1, 0.15) is 50.3 Å². The van der Waals surface area contributed by atoms with E-state index in [0.717, 1.165) is 31.2 Å². The number of primary amides is 1. The highest BCUT2D eigenvalue weighted by atomic mass is 35.5. The summed E-state index contributed by atoms with van der Waals surface area (Å²) in [7, 11) is 0. The summed E-state index contributed by atoms with van der Waals surface area (Å²) in [5, 5.41) is 11.3. The van der Waals surface area contributed by atoms with Gasteiger partial charge in [0.1, 0.15) is 10.8 Å². The number of hydrogen-bond acceptors (Lipinski definition) is 3. The molecule has 1 aliphatic carbocycles. The van der Waals surface area contributed by atoms with E-state index in [1.54, 1.807) is 6.07 Å². The molecule has 1 aliphatic rings. The lowest BCUT2D eigenvalue weighted by Crippen LogP contribution is -2.25. The summed E-state index contributed by atoms with van der Waals surface area (Å²) in [5.41, 5.74) is 6.49. The predicted octanol–water partition coefficient (Wildman–Crippen LogP) is 3.64. The number of amides is 1. The van der Waals surface area contributed by atoms with Gasteiger partial charge in [-0.3, -0.25) is 4.79 Å². The summed E-state index contributed by atoms with van der Waals surface area (Å²) < 4.78 is 5.33. The Hall–Kier alpha value is -0.970. The average molecular weight is 346 g/mol. The van der Waals surface area contributed by atoms with Crippen LogP contribution in [0.15, 0.2) is 6.07 Å². The van der Waals surface area contributed by atoms with Gasteiger partial charge in [-0.05, 0) is 30.9 Å². The van der Waals surface area contributed by atoms with E-state index >= 15 is 0 Å². The Morgan fingerprint density at radius 2 is 2.14 bits per heavy atom. The minimum Gasteiger partial charge on any atom is -0.482 e. The number of aliphatic hydroxyl groups excluding tert-OH is 1. The molecule has 1 amide bonds. The molecule has 0 heterocycles. The molecule has 0 aliphatic heterocycles. The zero-order valence-electron chi connectivity index (χ0n) is 12.8. The van der Waals surface area contributed by atoms with Gasteiger partial charge in [-0.2, -0.15) is 0 Å². The Morgan fingerprint density at radius 3 is 2.68 bits per heavy atom. The van der Waals surface area contributed by atoms with Crippen molar-refractivity contribution in [2.75, 3.05) is 6.61 Å². The van der Waals surface area contributed by atoms with Crippen LogP contribution < -0.4 is 10.5 Å². The van der Waals surface area contributed by atoms with Crippen molar-refractivity contribution in [2.24, 2.45) is 11.1 Å². The summed E-state index contributed by atoms with van der Waals surface area (Å²) in [4.78, 5) is 10.9. The number of ether oxygens (including phenoxy) is 1. The van der Waals surface area contributed by atoms with Crippen molar-refractivity contribution in [2.45, 2.75) is 45.6 Å². The SMILES string of the molecule is CCCC1(CC)Cc2cc(OCC(N)=O)c(Cl)c(Cl)c2C1O. The molecule has 0 fully saturated rings. The quantitative estimate of drug-likeness (QED) is 0.826. The lowest BCUT2D eigenvalue weighted by Gasteiger charge is -2.31. The molecule has 122 valence electrons. The van der Waals surface area contributed by atoms with Crippen molar-refractivity contribution in [3.63, 3.8) is 0 Å². The Balaban J connectivity index is 2.43. The number of carbonyl (C=O) groups excluding carboxylic acids is 1. The summed E-state index contributed by atoms with van der Waals surface area (Å²) in [6.07, 6.45) is 2.82. The molecular formula is C16H21Cl2NO3. The third-order valence-electron chi connectivity index (χ3n) is 4.51. The molecule has 0 bridgehead atoms. The Labute approximate surface area is 140 Å². The zero-order valence-corrected chi connectivity index (χ0v) is 14.3. The molecule has 6 heteroatoms. The number of halogens is 2. The second-order valence-corrected chi connectivity index (χ2v) is 6.63. The minimum absolute atomic E-state index is 0.212. The third-order valence-corrected chi connectivity index (χ3v) is 5.38. The van der Waals surface area contributed by atoms with Crippen LogP contribution in [0.2, 0.25) is 10.0 Å². The van der Waals surface area contributed by atoms with Crippen LogP contribution in [0.4, 0.5) is 0 Å². The molecule has 0 radical (unpaired) electrons. The highest BCUT2D eigenvalue weighted by Crippen LogP contribution is 2.55. The summed E-state index contributed by atoms with van der Waals surface area (Å²) in [6, 6.07) is 1.77. The fraction of sp³-hybridized carbons (Fsp3) is 0.562. The number of rotatable bonds is 6. The topological polar surface area (TPSA) is 72.5 Å². The number of benzene rings is 1. The smallest absolute Gasteiger partial charge is 0.255 e. The standard InChI is InChI=1S/C16H21Cl2NO3/c1-3-5-16(4-2)7-9-6-10(22-8-11(19)20)13(17)14(18)12(9)15(16)21/h6,15,21H,3-5,7-8H2,1-2H3,(H2,19,20). The van der Waals surface area contributed by atoms with Crippen LogP contribution in [-0.2, 0) is 11.2 Å². The fourth-order valence-corrected chi connectivity index (χ4v) is 3.89. The second kappa shape index (κ2) is 6.65. The molecule has 0 saturated carbocycles. The first-order valence-corrected chi connectivity index (χ1v) is 8.21. The van der Waals surface area contributed by atoms with E-state index in [1.807, 2.05) is 0 Å². The first kappa shape index (κ1) is 17.4. The van der Waals surface area contributed by atoms with Gasteiger partial charge in [-0.25, -0.2) is 0 Å². The second-order valence-electron chi connectivity index (χ2n) is 5.88. The van der Waals surface area contributed by atoms with Gasteiger partial charge < -0.3 is 15.6 Å². The molecule has 4 nitrogen and oxygen atoms in total. The molecule has 2 atom stereocenters. The van der Waals surface area contributed by atoms with Crippen LogP contribution in [-0.4, -0.2) is 17.6 Å². The van der Waals surface area contributed by atoms with Gasteiger partial charge in [0, 0.05) is 11.0 Å². The molecular weight excluding hydrogens is 325 g/mol. The van der Waals surface area contributed by atoms with Crippen LogP contribution in [0.25, 0.3) is 0 Å². The van der Waals surface area contributed by atoms with E-state index < -0.39 is 12.0 Å². The number of nitrogens with two attached hydrogens (primary N) is 1. The Kier molecular flexibility index (Phi) is 5.25. The van der Waals surface area contributed by atoms with Crippen molar-refractivity contribution in [3.05, 3.63) is 27.2 Å². The molecule has 0 saturated heterocycles. The van der Waals surface area contributed by atoms with E-state index in [0.29, 0.717) is 16.3 Å². The maximum Gasteiger partial charge on any atom is 0.255 e. The van der Waals surface area contributed by atoms with Crippen molar-refractivity contribution in [3.8, 4) is 5.75 Å². The van der Waals surface area contributed by atoms with Gasteiger partial charge in [0.25, 0.3) is 5.91 Å². The fourth-order valence-electron chi connectivity index (χ4n) is 3.36. The van der Waals surface area contributed by atoms with E-state index in [9.17, 15) is 9.90 Å². The van der Waals surface area contributed by atoms with Crippen molar-refractivity contribution in [1.82, 2.24) is 0 Å². The molecule has 22 heavy (non-hydrogen) atoms. The lowest BCUT2D eigenvalue weighted by molar-refractivity contribution is -0.119. The summed E-state index contributed by atoms with van der Waals surface area (Å²) in [6.45, 7) is 3.92. The van der Waals surface area contributed by atoms with Crippen LogP contribution in [0.3, 0.4) is 0 Å². The molecule has 2 unspecified atom stereocenters. The maximum absolute atomic E-state index is 10.9. The van der Waals surface area contributed by atoms with Gasteiger partial charge in [0.15, 0.2) is 6.61 Å². The zero-order chi connectivity index (χ0) is 16.5. The number of fused-ring (bicyclic) bond motifs is 1. The normalized spacial score (nSPS) is 23.4. The van der Waals surface area contributed by atoms with Crippen LogP contribution in [0.5, 0.6) is 5.75 Å². The van der Waals surface area contributed by atoms with E-state index in [2.05, 4.69) is 13.8 Å². The number of aliphatic hydroxyl groups is 1. The van der Waals surface area contributed by atoms with Crippen molar-refractivity contribution in [1.29, 1.82) is 0 Å². The predicted molar refractivity (Wildman–Crippen MR) is 87.4 cm³/mol. The minimum atomic E-state index is -0.636. The van der Waals surface area contributed by atoms with Crippen LogP contribution >= 0.6 is 23.2 Å². The first-order chi connectivity index (χ1) is 10.4. The Morgan fingerprint density at radius 1 is 1.45 bits per heavy atom.